The molecule has 1 heterocycles. The Kier molecular flexibility index (Phi) is 5.11. The van der Waals surface area contributed by atoms with Crippen molar-refractivity contribution in [2.45, 2.75) is 27.2 Å². The summed E-state index contributed by atoms with van der Waals surface area (Å²) in [6, 6.07) is 8.97. The van der Waals surface area contributed by atoms with E-state index in [0.29, 0.717) is 12.2 Å². The van der Waals surface area contributed by atoms with Crippen LogP contribution in [0.5, 0.6) is 0 Å². The molecule has 0 aliphatic rings. The summed E-state index contributed by atoms with van der Waals surface area (Å²) in [7, 11) is 0. The number of hydrogen-bond donors (Lipinski definition) is 2. The van der Waals surface area contributed by atoms with Crippen molar-refractivity contribution in [1.82, 2.24) is 10.3 Å². The van der Waals surface area contributed by atoms with Crippen LogP contribution in [0.1, 0.15) is 43.2 Å². The quantitative estimate of drug-likeness (QED) is 0.889. The fraction of sp³-hybridized carbons (Fsp3) is 0.278. The van der Waals surface area contributed by atoms with E-state index in [-0.39, 0.29) is 17.2 Å². The summed E-state index contributed by atoms with van der Waals surface area (Å²) in [6.45, 7) is 6.20. The van der Waals surface area contributed by atoms with Gasteiger partial charge in [-0.3, -0.25) is 4.79 Å². The van der Waals surface area contributed by atoms with Gasteiger partial charge in [0.2, 0.25) is 0 Å². The van der Waals surface area contributed by atoms with Gasteiger partial charge in [-0.25, -0.2) is 9.78 Å². The molecule has 1 amide bonds. The topological polar surface area (TPSA) is 79.3 Å². The fourth-order valence-corrected chi connectivity index (χ4v) is 2.55. The Labute approximate surface area is 135 Å². The highest BCUT2D eigenvalue weighted by Gasteiger charge is 2.13. The summed E-state index contributed by atoms with van der Waals surface area (Å²) >= 11 is 0. The number of carboxylic acid groups (broad SMARTS) is 1. The third kappa shape index (κ3) is 3.94. The molecule has 5 nitrogen and oxygen atoms in total. The standard InChI is InChI=1S/C18H20N2O3/c1-11-5-4-6-12(2)14(11)9-10-19-17(21)16-8-7-15(18(22)23)13(3)20-16/h4-8H,9-10H2,1-3H3,(H,19,21)(H,22,23). The Morgan fingerprint density at radius 2 is 1.74 bits per heavy atom. The molecule has 23 heavy (non-hydrogen) atoms. The zero-order valence-electron chi connectivity index (χ0n) is 13.5. The van der Waals surface area contributed by atoms with Crippen LogP contribution >= 0.6 is 0 Å². The SMILES string of the molecule is Cc1cccc(C)c1CCNC(=O)c1ccc(C(=O)O)c(C)n1. The van der Waals surface area contributed by atoms with Crippen molar-refractivity contribution in [3.05, 3.63) is 64.0 Å². The van der Waals surface area contributed by atoms with Gasteiger partial charge in [0.1, 0.15) is 5.69 Å². The lowest BCUT2D eigenvalue weighted by Crippen LogP contribution is -2.27. The lowest BCUT2D eigenvalue weighted by atomic mass is 10.0. The van der Waals surface area contributed by atoms with Crippen molar-refractivity contribution in [3.63, 3.8) is 0 Å². The van der Waals surface area contributed by atoms with E-state index in [2.05, 4.69) is 36.3 Å². The zero-order chi connectivity index (χ0) is 17.0. The van der Waals surface area contributed by atoms with Crippen molar-refractivity contribution in [2.24, 2.45) is 0 Å². The van der Waals surface area contributed by atoms with E-state index in [0.717, 1.165) is 6.42 Å². The van der Waals surface area contributed by atoms with Crippen LogP contribution in [0.4, 0.5) is 0 Å². The second kappa shape index (κ2) is 7.05. The first-order chi connectivity index (χ1) is 10.9. The van der Waals surface area contributed by atoms with Crippen LogP contribution in [0.3, 0.4) is 0 Å². The number of aromatic carboxylic acids is 1. The van der Waals surface area contributed by atoms with Gasteiger partial charge in [0, 0.05) is 6.54 Å². The number of carboxylic acids is 1. The number of amides is 1. The minimum Gasteiger partial charge on any atom is -0.478 e. The molecule has 2 N–H and O–H groups in total. The largest absolute Gasteiger partial charge is 0.478 e. The highest BCUT2D eigenvalue weighted by Crippen LogP contribution is 2.13. The summed E-state index contributed by atoms with van der Waals surface area (Å²) in [6.07, 6.45) is 0.746. The zero-order valence-corrected chi connectivity index (χ0v) is 13.5. The molecule has 0 aliphatic heterocycles. The highest BCUT2D eigenvalue weighted by molar-refractivity contribution is 5.94. The summed E-state index contributed by atoms with van der Waals surface area (Å²) < 4.78 is 0. The number of hydrogen-bond acceptors (Lipinski definition) is 3. The average Bonchev–Trinajstić information content (AvgIpc) is 2.49. The Morgan fingerprint density at radius 3 is 2.30 bits per heavy atom. The van der Waals surface area contributed by atoms with Gasteiger partial charge in [0.25, 0.3) is 5.91 Å². The number of aryl methyl sites for hydroxylation is 3. The highest BCUT2D eigenvalue weighted by atomic mass is 16.4. The Hall–Kier alpha value is -2.69. The molecule has 0 saturated carbocycles. The van der Waals surface area contributed by atoms with Gasteiger partial charge in [0.05, 0.1) is 11.3 Å². The van der Waals surface area contributed by atoms with Gasteiger partial charge in [0.15, 0.2) is 0 Å². The smallest absolute Gasteiger partial charge is 0.337 e. The molecule has 0 radical (unpaired) electrons. The van der Waals surface area contributed by atoms with Crippen molar-refractivity contribution in [1.29, 1.82) is 0 Å². The maximum atomic E-state index is 12.1. The van der Waals surface area contributed by atoms with Gasteiger partial charge in [-0.1, -0.05) is 18.2 Å². The Bertz CT molecular complexity index is 734. The first-order valence-electron chi connectivity index (χ1n) is 7.44. The van der Waals surface area contributed by atoms with Gasteiger partial charge in [-0.2, -0.15) is 0 Å². The number of nitrogens with zero attached hydrogens (tertiary/aromatic N) is 1. The van der Waals surface area contributed by atoms with Gasteiger partial charge < -0.3 is 10.4 Å². The average molecular weight is 312 g/mol. The van der Waals surface area contributed by atoms with Crippen LogP contribution in [0.25, 0.3) is 0 Å². The van der Waals surface area contributed by atoms with Crippen molar-refractivity contribution >= 4 is 11.9 Å². The van der Waals surface area contributed by atoms with Gasteiger partial charge in [-0.05, 0) is 56.0 Å². The molecule has 0 fully saturated rings. The number of nitrogens with one attached hydrogen (secondary N) is 1. The first-order valence-corrected chi connectivity index (χ1v) is 7.44. The first kappa shape index (κ1) is 16.7. The maximum absolute atomic E-state index is 12.1. The molecule has 0 unspecified atom stereocenters. The summed E-state index contributed by atoms with van der Waals surface area (Å²) in [5.41, 5.74) is 4.32. The molecular weight excluding hydrogens is 292 g/mol. The number of carbonyl (C=O) groups is 2. The minimum atomic E-state index is -1.04. The lowest BCUT2D eigenvalue weighted by Gasteiger charge is -2.10. The van der Waals surface area contributed by atoms with E-state index in [1.165, 1.54) is 28.8 Å². The molecule has 2 aromatic rings. The predicted octanol–water partition coefficient (Wildman–Crippen LogP) is 2.68. The van der Waals surface area contributed by atoms with E-state index in [9.17, 15) is 9.59 Å². The molecular formula is C18H20N2O3. The fourth-order valence-electron chi connectivity index (χ4n) is 2.55. The molecule has 0 aliphatic carbocycles. The number of aromatic nitrogens is 1. The number of benzene rings is 1. The molecule has 1 aromatic heterocycles. The van der Waals surface area contributed by atoms with Crippen LogP contribution in [0.15, 0.2) is 30.3 Å². The van der Waals surface area contributed by atoms with E-state index < -0.39 is 5.97 Å². The van der Waals surface area contributed by atoms with E-state index in [1.54, 1.807) is 6.92 Å². The molecule has 0 bridgehead atoms. The maximum Gasteiger partial charge on any atom is 0.337 e. The number of pyridine rings is 1. The monoisotopic (exact) mass is 312 g/mol. The number of carbonyl (C=O) groups excluding carboxylic acids is 1. The van der Waals surface area contributed by atoms with Gasteiger partial charge >= 0.3 is 5.97 Å². The summed E-state index contributed by atoms with van der Waals surface area (Å²) in [5.74, 6) is -1.34. The van der Waals surface area contributed by atoms with Crippen LogP contribution in [-0.4, -0.2) is 28.5 Å². The van der Waals surface area contributed by atoms with Crippen LogP contribution < -0.4 is 5.32 Å². The third-order valence-electron chi connectivity index (χ3n) is 3.85. The molecule has 0 atom stereocenters. The van der Waals surface area contributed by atoms with Crippen molar-refractivity contribution in [3.8, 4) is 0 Å². The lowest BCUT2D eigenvalue weighted by molar-refractivity contribution is 0.0694. The van der Waals surface area contributed by atoms with Crippen molar-refractivity contribution < 1.29 is 14.7 Å². The normalized spacial score (nSPS) is 10.4. The second-order valence-electron chi connectivity index (χ2n) is 5.51. The van der Waals surface area contributed by atoms with Crippen LogP contribution in [0, 0.1) is 20.8 Å². The number of rotatable bonds is 5. The Balaban J connectivity index is 2.00. The second-order valence-corrected chi connectivity index (χ2v) is 5.51. The van der Waals surface area contributed by atoms with Crippen LogP contribution in [-0.2, 0) is 6.42 Å². The molecule has 120 valence electrons. The molecule has 2 rings (SSSR count). The summed E-state index contributed by atoms with van der Waals surface area (Å²) in [5, 5.41) is 11.8. The predicted molar refractivity (Wildman–Crippen MR) is 87.9 cm³/mol. The van der Waals surface area contributed by atoms with Crippen LogP contribution in [0.2, 0.25) is 0 Å². The molecule has 5 heteroatoms. The van der Waals surface area contributed by atoms with E-state index in [1.807, 2.05) is 6.07 Å². The molecule has 1 aromatic carbocycles. The minimum absolute atomic E-state index is 0.108. The third-order valence-corrected chi connectivity index (χ3v) is 3.85. The van der Waals surface area contributed by atoms with Crippen molar-refractivity contribution in [2.75, 3.05) is 6.54 Å². The molecule has 0 spiro atoms. The summed E-state index contributed by atoms with van der Waals surface area (Å²) in [4.78, 5) is 27.1. The molecule has 0 saturated heterocycles. The van der Waals surface area contributed by atoms with E-state index >= 15 is 0 Å². The van der Waals surface area contributed by atoms with E-state index in [4.69, 9.17) is 5.11 Å². The van der Waals surface area contributed by atoms with Gasteiger partial charge in [-0.15, -0.1) is 0 Å². The Morgan fingerprint density at radius 1 is 1.09 bits per heavy atom.